The summed E-state index contributed by atoms with van der Waals surface area (Å²) in [5, 5.41) is 0.461. The molecule has 2 aliphatic rings. The lowest BCUT2D eigenvalue weighted by Crippen LogP contribution is -2.34. The Kier molecular flexibility index (Phi) is 3.57. The summed E-state index contributed by atoms with van der Waals surface area (Å²) >= 11 is 0. The van der Waals surface area contributed by atoms with Crippen molar-refractivity contribution in [3.63, 3.8) is 0 Å². The molecule has 2 fully saturated rings. The highest BCUT2D eigenvalue weighted by atomic mass is 16.5. The van der Waals surface area contributed by atoms with Gasteiger partial charge in [-0.3, -0.25) is 9.59 Å². The fraction of sp³-hybridized carbons (Fsp3) is 0.444. The van der Waals surface area contributed by atoms with Crippen molar-refractivity contribution in [2.45, 2.75) is 18.9 Å². The predicted octanol–water partition coefficient (Wildman–Crippen LogP) is 1.35. The molecule has 4 rings (SSSR count). The third-order valence-corrected chi connectivity index (χ3v) is 5.25. The van der Waals surface area contributed by atoms with Crippen molar-refractivity contribution in [1.29, 1.82) is 0 Å². The molecule has 24 heavy (non-hydrogen) atoms. The van der Waals surface area contributed by atoms with Crippen LogP contribution in [0.25, 0.3) is 10.9 Å². The van der Waals surface area contributed by atoms with E-state index in [1.54, 1.807) is 30.2 Å². The first-order valence-corrected chi connectivity index (χ1v) is 8.33. The number of carbonyl (C=O) groups is 1. The lowest BCUT2D eigenvalue weighted by atomic mass is 9.99. The number of aromatic amines is 1. The highest BCUT2D eigenvalue weighted by molar-refractivity contribution is 5.97. The van der Waals surface area contributed by atoms with E-state index in [1.807, 2.05) is 0 Å². The smallest absolute Gasteiger partial charge is 0.259 e. The summed E-state index contributed by atoms with van der Waals surface area (Å²) in [6.45, 7) is 1.18. The number of hydrogen-bond acceptors (Lipinski definition) is 4. The Balaban J connectivity index is 1.67. The number of rotatable bonds is 3. The summed E-state index contributed by atoms with van der Waals surface area (Å²) in [5.41, 5.74) is 6.78. The Bertz CT molecular complexity index is 856. The molecule has 0 spiro atoms. The molecule has 1 aliphatic heterocycles. The fourth-order valence-corrected chi connectivity index (χ4v) is 3.70. The van der Waals surface area contributed by atoms with Crippen LogP contribution in [0.1, 0.15) is 23.2 Å². The Morgan fingerprint density at radius 2 is 2.12 bits per heavy atom. The Hall–Kier alpha value is -2.34. The van der Waals surface area contributed by atoms with Gasteiger partial charge < -0.3 is 20.4 Å². The Morgan fingerprint density at radius 1 is 1.33 bits per heavy atom. The molecule has 1 aromatic heterocycles. The van der Waals surface area contributed by atoms with Crippen molar-refractivity contribution >= 4 is 16.8 Å². The summed E-state index contributed by atoms with van der Waals surface area (Å²) in [5.74, 6) is 1.37. The number of H-pyrrole nitrogens is 1. The zero-order chi connectivity index (χ0) is 16.8. The maximum Gasteiger partial charge on any atom is 0.259 e. The van der Waals surface area contributed by atoms with E-state index >= 15 is 0 Å². The maximum absolute atomic E-state index is 12.8. The van der Waals surface area contributed by atoms with Crippen molar-refractivity contribution in [1.82, 2.24) is 9.88 Å². The number of nitrogens with zero attached hydrogens (tertiary/aromatic N) is 1. The van der Waals surface area contributed by atoms with Gasteiger partial charge in [-0.15, -0.1) is 0 Å². The normalized spacial score (nSPS) is 23.7. The second-order valence-corrected chi connectivity index (χ2v) is 6.82. The maximum atomic E-state index is 12.8. The lowest BCUT2D eigenvalue weighted by Gasteiger charge is -2.16. The number of likely N-dealkylation sites (tertiary alicyclic amines) is 1. The minimum Gasteiger partial charge on any atom is -0.497 e. The number of nitrogens with two attached hydrogens (primary N) is 1. The Morgan fingerprint density at radius 3 is 2.83 bits per heavy atom. The topological polar surface area (TPSA) is 88.4 Å². The van der Waals surface area contributed by atoms with Crippen LogP contribution >= 0.6 is 0 Å². The van der Waals surface area contributed by atoms with Crippen LogP contribution in [0.3, 0.4) is 0 Å². The van der Waals surface area contributed by atoms with E-state index in [4.69, 9.17) is 10.5 Å². The first-order valence-electron chi connectivity index (χ1n) is 8.33. The summed E-state index contributed by atoms with van der Waals surface area (Å²) < 4.78 is 5.17. The molecule has 1 amide bonds. The standard InChI is InChI=1S/C18H21N3O3/c1-24-11-4-5-16-12(6-11)17(22)13(7-20-16)18(23)21-8-14(10-2-3-10)15(19)9-21/h4-7,10,14-15H,2-3,8-9,19H2,1H3,(H,20,22)/t14-,15+/m0/s1. The SMILES string of the molecule is COc1ccc2[nH]cc(C(=O)N3C[C@@H](N)[C@H](C4CC4)C3)c(=O)c2c1. The number of benzene rings is 1. The molecular weight excluding hydrogens is 306 g/mol. The number of fused-ring (bicyclic) bond motifs is 1. The van der Waals surface area contributed by atoms with Crippen LogP contribution in [0, 0.1) is 11.8 Å². The van der Waals surface area contributed by atoms with Gasteiger partial charge in [0.25, 0.3) is 5.91 Å². The van der Waals surface area contributed by atoms with Gasteiger partial charge in [0, 0.05) is 36.2 Å². The van der Waals surface area contributed by atoms with Gasteiger partial charge in [-0.2, -0.15) is 0 Å². The molecule has 2 atom stereocenters. The van der Waals surface area contributed by atoms with E-state index in [0.29, 0.717) is 41.6 Å². The molecule has 0 unspecified atom stereocenters. The van der Waals surface area contributed by atoms with Crippen LogP contribution in [-0.2, 0) is 0 Å². The third kappa shape index (κ3) is 2.47. The first-order chi connectivity index (χ1) is 11.6. The number of aromatic nitrogens is 1. The molecule has 1 saturated carbocycles. The third-order valence-electron chi connectivity index (χ3n) is 5.25. The molecule has 1 saturated heterocycles. The van der Waals surface area contributed by atoms with Crippen molar-refractivity contribution in [3.05, 3.63) is 40.2 Å². The molecule has 2 heterocycles. The second kappa shape index (κ2) is 5.63. The fourth-order valence-electron chi connectivity index (χ4n) is 3.70. The molecule has 3 N–H and O–H groups in total. The molecule has 6 nitrogen and oxygen atoms in total. The van der Waals surface area contributed by atoms with E-state index < -0.39 is 0 Å². The summed E-state index contributed by atoms with van der Waals surface area (Å²) in [6.07, 6.45) is 3.92. The van der Waals surface area contributed by atoms with Crippen LogP contribution in [0.5, 0.6) is 5.75 Å². The van der Waals surface area contributed by atoms with E-state index in [1.165, 1.54) is 19.0 Å². The largest absolute Gasteiger partial charge is 0.497 e. The second-order valence-electron chi connectivity index (χ2n) is 6.82. The molecule has 0 bridgehead atoms. The monoisotopic (exact) mass is 327 g/mol. The summed E-state index contributed by atoms with van der Waals surface area (Å²) in [4.78, 5) is 30.3. The van der Waals surface area contributed by atoms with Crippen LogP contribution < -0.4 is 15.9 Å². The molecule has 0 radical (unpaired) electrons. The average Bonchev–Trinajstić information content (AvgIpc) is 3.36. The molecular formula is C18H21N3O3. The highest BCUT2D eigenvalue weighted by Crippen LogP contribution is 2.41. The number of pyridine rings is 1. The number of hydrogen-bond donors (Lipinski definition) is 2. The lowest BCUT2D eigenvalue weighted by molar-refractivity contribution is 0.0783. The van der Waals surface area contributed by atoms with Gasteiger partial charge in [0.05, 0.1) is 7.11 Å². The van der Waals surface area contributed by atoms with Gasteiger partial charge in [-0.05, 0) is 42.9 Å². The van der Waals surface area contributed by atoms with Gasteiger partial charge in [0.1, 0.15) is 11.3 Å². The number of ether oxygens (including phenoxy) is 1. The molecule has 126 valence electrons. The number of nitrogens with one attached hydrogen (secondary N) is 1. The van der Waals surface area contributed by atoms with Crippen LogP contribution in [-0.4, -0.2) is 42.0 Å². The quantitative estimate of drug-likeness (QED) is 0.890. The minimum absolute atomic E-state index is 0.0149. The van der Waals surface area contributed by atoms with Gasteiger partial charge in [0.2, 0.25) is 5.43 Å². The Labute approximate surface area is 139 Å². The number of amides is 1. The van der Waals surface area contributed by atoms with Crippen molar-refractivity contribution in [2.24, 2.45) is 17.6 Å². The van der Waals surface area contributed by atoms with E-state index in [9.17, 15) is 9.59 Å². The molecule has 6 heteroatoms. The predicted molar refractivity (Wildman–Crippen MR) is 91.2 cm³/mol. The zero-order valence-corrected chi connectivity index (χ0v) is 13.6. The van der Waals surface area contributed by atoms with E-state index in [0.717, 1.165) is 0 Å². The number of carbonyl (C=O) groups excluding carboxylic acids is 1. The van der Waals surface area contributed by atoms with Gasteiger partial charge in [-0.25, -0.2) is 0 Å². The summed E-state index contributed by atoms with van der Waals surface area (Å²) in [6, 6.07) is 5.23. The van der Waals surface area contributed by atoms with Gasteiger partial charge in [0.15, 0.2) is 0 Å². The van der Waals surface area contributed by atoms with Crippen molar-refractivity contribution in [2.75, 3.05) is 20.2 Å². The molecule has 2 aromatic rings. The number of methoxy groups -OCH3 is 1. The van der Waals surface area contributed by atoms with E-state index in [2.05, 4.69) is 4.98 Å². The minimum atomic E-state index is -0.268. The van der Waals surface area contributed by atoms with Gasteiger partial charge >= 0.3 is 0 Å². The average molecular weight is 327 g/mol. The van der Waals surface area contributed by atoms with Crippen LogP contribution in [0.4, 0.5) is 0 Å². The van der Waals surface area contributed by atoms with Gasteiger partial charge in [-0.1, -0.05) is 0 Å². The first kappa shape index (κ1) is 15.2. The molecule has 1 aliphatic carbocycles. The van der Waals surface area contributed by atoms with E-state index in [-0.39, 0.29) is 22.9 Å². The van der Waals surface area contributed by atoms with Crippen molar-refractivity contribution < 1.29 is 9.53 Å². The van der Waals surface area contributed by atoms with Crippen LogP contribution in [0.2, 0.25) is 0 Å². The summed E-state index contributed by atoms with van der Waals surface area (Å²) in [7, 11) is 1.55. The zero-order valence-electron chi connectivity index (χ0n) is 13.6. The molecule has 1 aromatic carbocycles. The highest BCUT2D eigenvalue weighted by Gasteiger charge is 2.42. The van der Waals surface area contributed by atoms with Crippen molar-refractivity contribution in [3.8, 4) is 5.75 Å². The van der Waals surface area contributed by atoms with Crippen LogP contribution in [0.15, 0.2) is 29.2 Å².